The number of fused-ring (bicyclic) bond motifs is 1. The van der Waals surface area contributed by atoms with Gasteiger partial charge in [-0.2, -0.15) is 0 Å². The van der Waals surface area contributed by atoms with E-state index >= 15 is 0 Å². The maximum absolute atomic E-state index is 13.2. The fourth-order valence-electron chi connectivity index (χ4n) is 3.05. The lowest BCUT2D eigenvalue weighted by molar-refractivity contribution is 0.412. The quantitative estimate of drug-likeness (QED) is 0.931. The Morgan fingerprint density at radius 2 is 2.10 bits per heavy atom. The van der Waals surface area contributed by atoms with Gasteiger partial charge in [-0.15, -0.1) is 0 Å². The number of aryl methyl sites for hydroxylation is 1. The van der Waals surface area contributed by atoms with Crippen LogP contribution in [-0.4, -0.2) is 13.7 Å². The smallest absolute Gasteiger partial charge is 0.123 e. The van der Waals surface area contributed by atoms with Gasteiger partial charge < -0.3 is 10.1 Å². The van der Waals surface area contributed by atoms with Crippen LogP contribution in [0.5, 0.6) is 5.75 Å². The van der Waals surface area contributed by atoms with Gasteiger partial charge in [-0.05, 0) is 72.8 Å². The van der Waals surface area contributed by atoms with Crippen molar-refractivity contribution in [2.24, 2.45) is 0 Å². The molecule has 2 nitrogen and oxygen atoms in total. The Bertz CT molecular complexity index is 654. The lowest BCUT2D eigenvalue weighted by atomic mass is 9.89. The number of nitrogens with one attached hydrogen (secondary N) is 1. The first-order valence-corrected chi connectivity index (χ1v) is 7.32. The highest BCUT2D eigenvalue weighted by Crippen LogP contribution is 2.29. The first kappa shape index (κ1) is 14.1. The van der Waals surface area contributed by atoms with Crippen molar-refractivity contribution in [3.8, 4) is 5.75 Å². The van der Waals surface area contributed by atoms with Crippen LogP contribution in [0, 0.1) is 12.7 Å². The number of hydrogen-bond donors (Lipinski definition) is 1. The highest BCUT2D eigenvalue weighted by atomic mass is 19.1. The molecule has 1 unspecified atom stereocenters. The maximum atomic E-state index is 13.2. The van der Waals surface area contributed by atoms with Gasteiger partial charge in [-0.25, -0.2) is 4.39 Å². The van der Waals surface area contributed by atoms with Gasteiger partial charge in [0.05, 0.1) is 7.11 Å². The summed E-state index contributed by atoms with van der Waals surface area (Å²) in [5, 5.41) is 3.57. The highest BCUT2D eigenvalue weighted by Gasteiger charge is 2.21. The van der Waals surface area contributed by atoms with E-state index in [0.29, 0.717) is 0 Å². The Hall–Kier alpha value is -1.87. The topological polar surface area (TPSA) is 21.3 Å². The van der Waals surface area contributed by atoms with Gasteiger partial charge in [-0.1, -0.05) is 12.1 Å². The molecule has 1 aliphatic heterocycles. The summed E-state index contributed by atoms with van der Waals surface area (Å²) in [6, 6.07) is 11.6. The fraction of sp³-hybridized carbons (Fsp3) is 0.333. The molecule has 1 aliphatic rings. The molecule has 0 saturated heterocycles. The van der Waals surface area contributed by atoms with Gasteiger partial charge in [-0.3, -0.25) is 0 Å². The molecule has 0 fully saturated rings. The number of rotatable bonds is 3. The molecule has 0 aromatic heterocycles. The van der Waals surface area contributed by atoms with Crippen LogP contribution < -0.4 is 10.1 Å². The zero-order valence-electron chi connectivity index (χ0n) is 12.4. The molecule has 0 radical (unpaired) electrons. The molecule has 0 saturated carbocycles. The largest absolute Gasteiger partial charge is 0.497 e. The summed E-state index contributed by atoms with van der Waals surface area (Å²) >= 11 is 0. The van der Waals surface area contributed by atoms with E-state index in [9.17, 15) is 4.39 Å². The van der Waals surface area contributed by atoms with Crippen molar-refractivity contribution in [1.82, 2.24) is 5.32 Å². The molecule has 0 aliphatic carbocycles. The lowest BCUT2D eigenvalue weighted by Crippen LogP contribution is -2.31. The van der Waals surface area contributed by atoms with Gasteiger partial charge in [0.1, 0.15) is 11.6 Å². The summed E-state index contributed by atoms with van der Waals surface area (Å²) in [4.78, 5) is 0. The SMILES string of the molecule is COc1ccc2c(c1)CCNC2Cc1ccc(F)cc1C. The number of ether oxygens (including phenoxy) is 1. The second-order valence-electron chi connectivity index (χ2n) is 5.60. The summed E-state index contributed by atoms with van der Waals surface area (Å²) in [7, 11) is 1.70. The summed E-state index contributed by atoms with van der Waals surface area (Å²) in [5.41, 5.74) is 4.87. The van der Waals surface area contributed by atoms with Crippen LogP contribution in [0.3, 0.4) is 0 Å². The minimum Gasteiger partial charge on any atom is -0.497 e. The molecule has 110 valence electrons. The van der Waals surface area contributed by atoms with E-state index in [2.05, 4.69) is 17.4 Å². The van der Waals surface area contributed by atoms with Gasteiger partial charge in [0, 0.05) is 6.04 Å². The van der Waals surface area contributed by atoms with Crippen molar-refractivity contribution < 1.29 is 9.13 Å². The van der Waals surface area contributed by atoms with E-state index in [1.807, 2.05) is 19.1 Å². The van der Waals surface area contributed by atoms with Crippen LogP contribution in [0.15, 0.2) is 36.4 Å². The predicted octanol–water partition coefficient (Wildman–Crippen LogP) is 3.57. The second kappa shape index (κ2) is 5.86. The van der Waals surface area contributed by atoms with Crippen molar-refractivity contribution in [2.45, 2.75) is 25.8 Å². The fourth-order valence-corrected chi connectivity index (χ4v) is 3.05. The number of hydrogen-bond acceptors (Lipinski definition) is 2. The Kier molecular flexibility index (Phi) is 3.93. The molecule has 3 rings (SSSR count). The average molecular weight is 285 g/mol. The summed E-state index contributed by atoms with van der Waals surface area (Å²) < 4.78 is 18.5. The number of benzene rings is 2. The summed E-state index contributed by atoms with van der Waals surface area (Å²) in [6.07, 6.45) is 1.90. The molecule has 2 aromatic rings. The number of halogens is 1. The van der Waals surface area contributed by atoms with Crippen LogP contribution >= 0.6 is 0 Å². The zero-order chi connectivity index (χ0) is 14.8. The maximum Gasteiger partial charge on any atom is 0.123 e. The Morgan fingerprint density at radius 3 is 2.86 bits per heavy atom. The van der Waals surface area contributed by atoms with E-state index in [4.69, 9.17) is 4.74 Å². The van der Waals surface area contributed by atoms with E-state index in [0.717, 1.165) is 30.7 Å². The summed E-state index contributed by atoms with van der Waals surface area (Å²) in [6.45, 7) is 2.93. The van der Waals surface area contributed by atoms with Crippen LogP contribution in [0.4, 0.5) is 4.39 Å². The van der Waals surface area contributed by atoms with E-state index < -0.39 is 0 Å². The third-order valence-electron chi connectivity index (χ3n) is 4.24. The highest BCUT2D eigenvalue weighted by molar-refractivity contribution is 5.40. The first-order chi connectivity index (χ1) is 10.2. The molecule has 2 aromatic carbocycles. The van der Waals surface area contributed by atoms with Crippen LogP contribution in [-0.2, 0) is 12.8 Å². The minimum absolute atomic E-state index is 0.169. The standard InChI is InChI=1S/C18H20FNO/c1-12-9-15(19)4-3-13(12)11-18-17-6-5-16(21-2)10-14(17)7-8-20-18/h3-6,9-10,18,20H,7-8,11H2,1-2H3. The van der Waals surface area contributed by atoms with Crippen LogP contribution in [0.1, 0.15) is 28.3 Å². The molecular weight excluding hydrogens is 265 g/mol. The summed E-state index contributed by atoms with van der Waals surface area (Å²) in [5.74, 6) is 0.741. The molecule has 0 spiro atoms. The molecule has 21 heavy (non-hydrogen) atoms. The van der Waals surface area contributed by atoms with E-state index in [-0.39, 0.29) is 11.9 Å². The second-order valence-corrected chi connectivity index (χ2v) is 5.60. The van der Waals surface area contributed by atoms with Gasteiger partial charge >= 0.3 is 0 Å². The molecule has 3 heteroatoms. The van der Waals surface area contributed by atoms with Crippen molar-refractivity contribution in [3.05, 3.63) is 64.5 Å². The van der Waals surface area contributed by atoms with Gasteiger partial charge in [0.2, 0.25) is 0 Å². The van der Waals surface area contributed by atoms with Crippen molar-refractivity contribution in [2.75, 3.05) is 13.7 Å². The predicted molar refractivity (Wildman–Crippen MR) is 82.3 cm³/mol. The number of methoxy groups -OCH3 is 1. The van der Waals surface area contributed by atoms with Crippen molar-refractivity contribution in [3.63, 3.8) is 0 Å². The molecule has 1 heterocycles. The first-order valence-electron chi connectivity index (χ1n) is 7.32. The average Bonchev–Trinajstić information content (AvgIpc) is 2.49. The molecular formula is C18H20FNO. The van der Waals surface area contributed by atoms with Gasteiger partial charge in [0.15, 0.2) is 0 Å². The van der Waals surface area contributed by atoms with Crippen LogP contribution in [0.25, 0.3) is 0 Å². The van der Waals surface area contributed by atoms with Crippen molar-refractivity contribution >= 4 is 0 Å². The molecule has 0 bridgehead atoms. The van der Waals surface area contributed by atoms with Crippen LogP contribution in [0.2, 0.25) is 0 Å². The van der Waals surface area contributed by atoms with Crippen molar-refractivity contribution in [1.29, 1.82) is 0 Å². The van der Waals surface area contributed by atoms with E-state index in [1.165, 1.54) is 16.7 Å². The Labute approximate surface area is 125 Å². The van der Waals surface area contributed by atoms with E-state index in [1.54, 1.807) is 19.2 Å². The monoisotopic (exact) mass is 285 g/mol. The Morgan fingerprint density at radius 1 is 1.24 bits per heavy atom. The van der Waals surface area contributed by atoms with Gasteiger partial charge in [0.25, 0.3) is 0 Å². The minimum atomic E-state index is -0.169. The third-order valence-corrected chi connectivity index (χ3v) is 4.24. The molecule has 1 N–H and O–H groups in total. The Balaban J connectivity index is 1.88. The zero-order valence-corrected chi connectivity index (χ0v) is 12.4. The lowest BCUT2D eigenvalue weighted by Gasteiger charge is -2.28. The molecule has 1 atom stereocenters. The normalized spacial score (nSPS) is 17.4. The third kappa shape index (κ3) is 2.93. The molecule has 0 amide bonds.